The van der Waals surface area contributed by atoms with E-state index in [2.05, 4.69) is 432 Å². The predicted octanol–water partition coefficient (Wildman–Crippen LogP) is 28.2. The summed E-state index contributed by atoms with van der Waals surface area (Å²) in [6.07, 6.45) is 3.84. The first-order valence-electron chi connectivity index (χ1n) is 36.5. The van der Waals surface area contributed by atoms with Crippen LogP contribution in [-0.2, 0) is 6.54 Å². The molecule has 0 aliphatic rings. The van der Waals surface area contributed by atoms with E-state index in [9.17, 15) is 0 Å². The van der Waals surface area contributed by atoms with Crippen molar-refractivity contribution in [3.63, 3.8) is 0 Å². The number of aromatic nitrogens is 1. The van der Waals surface area contributed by atoms with E-state index in [1.165, 1.54) is 182 Å². The molecule has 0 saturated heterocycles. The zero-order valence-electron chi connectivity index (χ0n) is 63.9. The van der Waals surface area contributed by atoms with Gasteiger partial charge >= 0.3 is 0 Å². The highest BCUT2D eigenvalue weighted by Gasteiger charge is 2.17. The second-order valence-corrected chi connectivity index (χ2v) is 28.2. The molecule has 0 aliphatic heterocycles. The van der Waals surface area contributed by atoms with E-state index in [0.717, 1.165) is 6.54 Å². The van der Waals surface area contributed by atoms with Crippen LogP contribution in [0.25, 0.3) is 21.8 Å². The van der Waals surface area contributed by atoms with Crippen molar-refractivity contribution in [2.75, 3.05) is 26.6 Å². The third-order valence-corrected chi connectivity index (χ3v) is 18.7. The van der Waals surface area contributed by atoms with Crippen LogP contribution in [0.5, 0.6) is 0 Å². The Morgan fingerprint density at radius 2 is 0.456 bits per heavy atom. The van der Waals surface area contributed by atoms with Gasteiger partial charge in [-0.25, -0.2) is 0 Å². The van der Waals surface area contributed by atoms with Crippen molar-refractivity contribution in [2.24, 2.45) is 0 Å². The molecule has 522 valence electrons. The number of hydrogen-bond donors (Lipinski definition) is 0. The van der Waals surface area contributed by atoms with Gasteiger partial charge in [0.15, 0.2) is 0 Å². The number of benzene rings is 13. The highest BCUT2D eigenvalue weighted by molar-refractivity contribution is 6.08. The average Bonchev–Trinajstić information content (AvgIpc) is 1.63. The first-order chi connectivity index (χ1) is 49.7. The van der Waals surface area contributed by atoms with Gasteiger partial charge in [0.1, 0.15) is 0 Å². The Morgan fingerprint density at radius 3 is 0.748 bits per heavy atom. The lowest BCUT2D eigenvalue weighted by Gasteiger charge is -2.26. The minimum atomic E-state index is 1.12. The van der Waals surface area contributed by atoms with Gasteiger partial charge in [-0.3, -0.25) is 0 Å². The predicted molar refractivity (Wildman–Crippen MR) is 450 cm³/mol. The van der Waals surface area contributed by atoms with Crippen molar-refractivity contribution in [1.29, 1.82) is 0 Å². The minimum absolute atomic E-state index is 1.12. The molecular formula is C98H105N5. The molecule has 0 fully saturated rings. The molecule has 103 heavy (non-hydrogen) atoms. The van der Waals surface area contributed by atoms with Crippen LogP contribution in [0.2, 0.25) is 0 Å². The Bertz CT molecular complexity index is 4680. The van der Waals surface area contributed by atoms with Crippen LogP contribution < -0.4 is 19.6 Å². The monoisotopic (exact) mass is 1350 g/mol. The van der Waals surface area contributed by atoms with Gasteiger partial charge in [0.05, 0.1) is 0 Å². The van der Waals surface area contributed by atoms with Gasteiger partial charge < -0.3 is 24.2 Å². The van der Waals surface area contributed by atoms with Crippen LogP contribution >= 0.6 is 0 Å². The minimum Gasteiger partial charge on any atom is -0.345 e. The number of fused-ring (bicyclic) bond motifs is 3. The van der Waals surface area contributed by atoms with Gasteiger partial charge in [0.2, 0.25) is 0 Å². The average molecular weight is 1350 g/mol. The van der Waals surface area contributed by atoms with Gasteiger partial charge in [-0.2, -0.15) is 0 Å². The van der Waals surface area contributed by atoms with Gasteiger partial charge in [-0.15, -0.1) is 0 Å². The van der Waals surface area contributed by atoms with Gasteiger partial charge in [-0.1, -0.05) is 209 Å². The second-order valence-electron chi connectivity index (χ2n) is 28.2. The molecule has 0 bridgehead atoms. The zero-order valence-corrected chi connectivity index (χ0v) is 63.9. The van der Waals surface area contributed by atoms with Crippen molar-refractivity contribution in [3.05, 3.63) is 375 Å². The Kier molecular flexibility index (Phi) is 25.7. The molecule has 0 aliphatic carbocycles. The molecule has 5 nitrogen and oxygen atoms in total. The van der Waals surface area contributed by atoms with Gasteiger partial charge in [-0.05, 0) is 289 Å². The van der Waals surface area contributed by atoms with Crippen molar-refractivity contribution < 1.29 is 0 Å². The fraction of sp³-hybridized carbons (Fsp3) is 0.204. The molecule has 0 amide bonds. The van der Waals surface area contributed by atoms with E-state index < -0.39 is 0 Å². The van der Waals surface area contributed by atoms with Gasteiger partial charge in [0, 0.05) is 98.0 Å². The summed E-state index contributed by atoms with van der Waals surface area (Å²) < 4.78 is 2.50. The molecule has 5 heteroatoms. The van der Waals surface area contributed by atoms with Gasteiger partial charge in [0.25, 0.3) is 0 Å². The van der Waals surface area contributed by atoms with Crippen molar-refractivity contribution in [1.82, 2.24) is 4.57 Å². The summed E-state index contributed by atoms with van der Waals surface area (Å²) in [6.45, 7) is 33.2. The van der Waals surface area contributed by atoms with Crippen LogP contribution in [0.4, 0.5) is 62.6 Å². The lowest BCUT2D eigenvalue weighted by Crippen LogP contribution is -2.10. The summed E-state index contributed by atoms with van der Waals surface area (Å²) in [5.41, 5.74) is 33.9. The zero-order chi connectivity index (χ0) is 73.1. The van der Waals surface area contributed by atoms with Crippen LogP contribution in [-0.4, -0.2) is 11.6 Å². The van der Waals surface area contributed by atoms with E-state index >= 15 is 0 Å². The van der Waals surface area contributed by atoms with E-state index in [0.29, 0.717) is 0 Å². The fourth-order valence-electron chi connectivity index (χ4n) is 13.0. The standard InChI is InChI=1S/C22H23N.2C21H21N.C19H23N.C15H17N/c1-16-5-9-20(10-6-16)23(21-11-7-17(2)8-12-21)22-14-18(3)13-19(4)15-22;1-16-4-10-19(11-5-16)22(20-12-6-17(2)7-13-20)21-14-8-18(3)9-15-21;1-16-7-11-19(12-8-16)22(20-13-9-17(2)10-14-20)21-6-4-5-18(3)15-21;1-4-5-6-11-20-18-9-7-14(2)12-16(18)17-13-15(3)8-10-19(17)20;1-12-6-4-8-14(10-12)16(3)15-9-5-7-13(2)11-15/h5-15H,1-4H3;2*4-15H,1-3H3;7-10,12-13H,4-6,11H2,1-3H3;4-11H,1-3H3. The van der Waals surface area contributed by atoms with E-state index in [-0.39, 0.29) is 0 Å². The number of rotatable bonds is 15. The molecule has 13 aromatic carbocycles. The largest absolute Gasteiger partial charge is 0.345 e. The first-order valence-corrected chi connectivity index (χ1v) is 36.5. The lowest BCUT2D eigenvalue weighted by molar-refractivity contribution is 0.627. The third-order valence-electron chi connectivity index (χ3n) is 18.7. The third kappa shape index (κ3) is 20.3. The topological polar surface area (TPSA) is 17.9 Å². The summed E-state index contributed by atoms with van der Waals surface area (Å²) in [4.78, 5) is 9.11. The molecule has 1 aromatic heterocycles. The Balaban J connectivity index is 0.000000139. The van der Waals surface area contributed by atoms with Crippen LogP contribution in [0.15, 0.2) is 297 Å². The lowest BCUT2D eigenvalue weighted by atomic mass is 10.1. The van der Waals surface area contributed by atoms with Crippen molar-refractivity contribution in [3.8, 4) is 0 Å². The molecule has 0 radical (unpaired) electrons. The summed E-state index contributed by atoms with van der Waals surface area (Å²) in [6, 6.07) is 107. The van der Waals surface area contributed by atoms with E-state index in [4.69, 9.17) is 0 Å². The highest BCUT2D eigenvalue weighted by atomic mass is 15.2. The Morgan fingerprint density at radius 1 is 0.214 bits per heavy atom. The quantitative estimate of drug-likeness (QED) is 0.0952. The molecule has 14 rings (SSSR count). The van der Waals surface area contributed by atoms with Crippen LogP contribution in [0.3, 0.4) is 0 Å². The molecule has 0 saturated carbocycles. The smallest absolute Gasteiger partial charge is 0.0491 e. The number of hydrogen-bond acceptors (Lipinski definition) is 4. The SMILES string of the molecule is CCCCCn1c2ccc(C)cc2c2cc(C)ccc21.Cc1ccc(N(c2ccc(C)cc2)c2cc(C)cc(C)c2)cc1.Cc1ccc(N(c2ccc(C)cc2)c2ccc(C)cc2)cc1.Cc1ccc(N(c2ccc(C)cc2)c2cccc(C)c2)cc1.Cc1cccc(N(C)c2cccc(C)c2)c1. The molecule has 0 atom stereocenters. The molecular weight excluding hydrogens is 1250 g/mol. The van der Waals surface area contributed by atoms with Crippen LogP contribution in [0, 0.1) is 96.9 Å². The Hall–Kier alpha value is -11.1. The number of unbranched alkanes of at least 4 members (excludes halogenated alkanes) is 2. The maximum Gasteiger partial charge on any atom is 0.0491 e. The first kappa shape index (κ1) is 74.5. The number of nitrogens with zero attached hydrogens (tertiary/aromatic N) is 5. The fourth-order valence-corrected chi connectivity index (χ4v) is 13.0. The molecule has 0 spiro atoms. The van der Waals surface area contributed by atoms with Crippen LogP contribution in [0.1, 0.15) is 104 Å². The molecule has 0 N–H and O–H groups in total. The highest BCUT2D eigenvalue weighted by Crippen LogP contribution is 2.39. The Labute approximate surface area is 616 Å². The second kappa shape index (κ2) is 35.5. The molecule has 14 aromatic rings. The summed E-state index contributed by atoms with van der Waals surface area (Å²) in [5, 5.41) is 2.81. The maximum absolute atomic E-state index is 2.50. The maximum atomic E-state index is 2.50. The molecule has 0 unspecified atom stereocenters. The summed E-state index contributed by atoms with van der Waals surface area (Å²) in [5.74, 6) is 0. The van der Waals surface area contributed by atoms with E-state index in [1.807, 2.05) is 0 Å². The normalized spacial score (nSPS) is 10.7. The summed E-state index contributed by atoms with van der Waals surface area (Å²) >= 11 is 0. The number of aryl methyl sites for hydroxylation is 15. The van der Waals surface area contributed by atoms with Crippen molar-refractivity contribution >= 4 is 84.4 Å². The van der Waals surface area contributed by atoms with Crippen molar-refractivity contribution in [2.45, 2.75) is 130 Å². The molecule has 1 heterocycles. The summed E-state index contributed by atoms with van der Waals surface area (Å²) in [7, 11) is 2.10. The number of anilines is 11. The van der Waals surface area contributed by atoms with E-state index in [1.54, 1.807) is 0 Å².